The van der Waals surface area contributed by atoms with Gasteiger partial charge in [-0.25, -0.2) is 4.39 Å². The van der Waals surface area contributed by atoms with E-state index in [4.69, 9.17) is 21.1 Å². The Morgan fingerprint density at radius 2 is 2.24 bits per heavy atom. The second-order valence-electron chi connectivity index (χ2n) is 6.21. The van der Waals surface area contributed by atoms with Crippen LogP contribution in [0.25, 0.3) is 0 Å². The number of hydrogen-bond donors (Lipinski definition) is 1. The molecule has 0 aromatic heterocycles. The summed E-state index contributed by atoms with van der Waals surface area (Å²) in [5.41, 5.74) is 0.450. The Bertz CT molecular complexity index is 666. The summed E-state index contributed by atoms with van der Waals surface area (Å²) in [7, 11) is 1.55. The van der Waals surface area contributed by atoms with Gasteiger partial charge in [0.1, 0.15) is 18.0 Å². The minimum absolute atomic E-state index is 0.0664. The molecule has 0 aliphatic carbocycles. The second kappa shape index (κ2) is 7.68. The Morgan fingerprint density at radius 1 is 1.44 bits per heavy atom. The van der Waals surface area contributed by atoms with Crippen molar-refractivity contribution in [1.29, 1.82) is 0 Å². The van der Waals surface area contributed by atoms with E-state index in [2.05, 4.69) is 5.32 Å². The Morgan fingerprint density at radius 3 is 2.92 bits per heavy atom. The van der Waals surface area contributed by atoms with Gasteiger partial charge in [0.25, 0.3) is 0 Å². The average Bonchev–Trinajstić information content (AvgIpc) is 2.97. The van der Waals surface area contributed by atoms with Crippen LogP contribution in [0.1, 0.15) is 25.7 Å². The molecule has 6 nitrogen and oxygen atoms in total. The minimum atomic E-state index is -0.706. The number of ether oxygens (including phenoxy) is 2. The molecule has 8 heteroatoms. The zero-order valence-electron chi connectivity index (χ0n) is 13.8. The van der Waals surface area contributed by atoms with Crippen LogP contribution in [0.15, 0.2) is 18.2 Å². The van der Waals surface area contributed by atoms with Crippen molar-refractivity contribution in [1.82, 2.24) is 5.32 Å². The number of halogens is 2. The molecule has 1 N–H and O–H groups in total. The van der Waals surface area contributed by atoms with Gasteiger partial charge in [-0.05, 0) is 37.5 Å². The summed E-state index contributed by atoms with van der Waals surface area (Å²) >= 11 is 5.76. The highest BCUT2D eigenvalue weighted by atomic mass is 35.5. The van der Waals surface area contributed by atoms with Crippen LogP contribution in [0.5, 0.6) is 0 Å². The molecule has 3 rings (SSSR count). The third kappa shape index (κ3) is 4.11. The lowest BCUT2D eigenvalue weighted by molar-refractivity contribution is -0.189. The van der Waals surface area contributed by atoms with Crippen LogP contribution >= 0.6 is 11.6 Å². The molecule has 25 heavy (non-hydrogen) atoms. The van der Waals surface area contributed by atoms with E-state index in [1.807, 2.05) is 0 Å². The molecule has 2 fully saturated rings. The van der Waals surface area contributed by atoms with Gasteiger partial charge in [0.2, 0.25) is 11.8 Å². The predicted molar refractivity (Wildman–Crippen MR) is 89.8 cm³/mol. The van der Waals surface area contributed by atoms with Crippen LogP contribution in [-0.4, -0.2) is 43.9 Å². The molecule has 0 saturated carbocycles. The fourth-order valence-electron chi connectivity index (χ4n) is 2.98. The summed E-state index contributed by atoms with van der Waals surface area (Å²) in [6, 6.07) is 3.32. The molecule has 2 aliphatic rings. The zero-order valence-corrected chi connectivity index (χ0v) is 14.6. The molecule has 0 spiro atoms. The number of nitrogens with one attached hydrogen (secondary N) is 1. The van der Waals surface area contributed by atoms with Crippen molar-refractivity contribution in [2.75, 3.05) is 18.6 Å². The first-order valence-electron chi connectivity index (χ1n) is 8.26. The monoisotopic (exact) mass is 370 g/mol. The predicted octanol–water partition coefficient (Wildman–Crippen LogP) is 2.24. The van der Waals surface area contributed by atoms with Crippen molar-refractivity contribution in [2.24, 2.45) is 0 Å². The Hall–Kier alpha value is -1.70. The minimum Gasteiger partial charge on any atom is -0.353 e. The number of benzene rings is 1. The number of anilines is 1. The number of carbonyl (C=O) groups excluding carboxylic acids is 2. The fraction of sp³-hybridized carbons (Fsp3) is 0.529. The van der Waals surface area contributed by atoms with Crippen molar-refractivity contribution in [2.45, 2.75) is 44.1 Å². The van der Waals surface area contributed by atoms with Crippen molar-refractivity contribution < 1.29 is 23.5 Å². The van der Waals surface area contributed by atoms with E-state index < -0.39 is 24.3 Å². The third-order valence-corrected chi connectivity index (χ3v) is 4.72. The summed E-state index contributed by atoms with van der Waals surface area (Å²) < 4.78 is 24.4. The number of amides is 2. The van der Waals surface area contributed by atoms with Gasteiger partial charge in [-0.1, -0.05) is 11.6 Å². The van der Waals surface area contributed by atoms with Gasteiger partial charge in [0.15, 0.2) is 6.29 Å². The number of likely N-dealkylation sites (N-methyl/N-ethyl adjacent to an activating group) is 1. The van der Waals surface area contributed by atoms with Gasteiger partial charge in [0.05, 0.1) is 5.02 Å². The maximum absolute atomic E-state index is 13.3. The first-order valence-corrected chi connectivity index (χ1v) is 8.63. The highest BCUT2D eigenvalue weighted by Gasteiger charge is 2.39. The van der Waals surface area contributed by atoms with E-state index in [0.717, 1.165) is 19.3 Å². The standard InChI is InChI=1S/C17H20ClFN2O4/c1-21(10-5-6-12(19)11(18)8-10)17(23)13-9-14(16(22)20-13)25-15-4-2-3-7-24-15/h5-6,8,13-15H,2-4,7,9H2,1H3,(H,20,22)/t13-,14-,15?/m0/s1. The largest absolute Gasteiger partial charge is 0.353 e. The van der Waals surface area contributed by atoms with Crippen LogP contribution < -0.4 is 10.2 Å². The van der Waals surface area contributed by atoms with Crippen molar-refractivity contribution in [3.8, 4) is 0 Å². The van der Waals surface area contributed by atoms with E-state index in [1.54, 1.807) is 7.05 Å². The molecule has 2 saturated heterocycles. The lowest BCUT2D eigenvalue weighted by Gasteiger charge is -2.25. The number of nitrogens with zero attached hydrogens (tertiary/aromatic N) is 1. The zero-order chi connectivity index (χ0) is 18.0. The first kappa shape index (κ1) is 18.1. The molecule has 0 radical (unpaired) electrons. The van der Waals surface area contributed by atoms with Gasteiger partial charge >= 0.3 is 0 Å². The van der Waals surface area contributed by atoms with Gasteiger partial charge in [-0.15, -0.1) is 0 Å². The highest BCUT2D eigenvalue weighted by molar-refractivity contribution is 6.31. The van der Waals surface area contributed by atoms with E-state index in [1.165, 1.54) is 23.1 Å². The molecule has 1 unspecified atom stereocenters. The maximum atomic E-state index is 13.3. The molecular formula is C17H20ClFN2O4. The molecule has 136 valence electrons. The quantitative estimate of drug-likeness (QED) is 0.882. The van der Waals surface area contributed by atoms with Gasteiger partial charge in [-0.3, -0.25) is 9.59 Å². The Labute approximate surface area is 150 Å². The summed E-state index contributed by atoms with van der Waals surface area (Å²) in [6.07, 6.45) is 1.86. The van der Waals surface area contributed by atoms with E-state index in [-0.39, 0.29) is 23.3 Å². The lowest BCUT2D eigenvalue weighted by Crippen LogP contribution is -2.42. The summed E-state index contributed by atoms with van der Waals surface area (Å²) in [5, 5.41) is 2.59. The average molecular weight is 371 g/mol. The molecule has 1 aromatic carbocycles. The topological polar surface area (TPSA) is 67.9 Å². The third-order valence-electron chi connectivity index (χ3n) is 4.43. The summed E-state index contributed by atoms with van der Waals surface area (Å²) in [5.74, 6) is -1.19. The summed E-state index contributed by atoms with van der Waals surface area (Å²) in [6.45, 7) is 0.620. The molecule has 2 aliphatic heterocycles. The molecular weight excluding hydrogens is 351 g/mol. The van der Waals surface area contributed by atoms with Crippen LogP contribution in [0.4, 0.5) is 10.1 Å². The number of hydrogen-bond acceptors (Lipinski definition) is 4. The maximum Gasteiger partial charge on any atom is 0.250 e. The van der Waals surface area contributed by atoms with Crippen LogP contribution in [0.2, 0.25) is 5.02 Å². The highest BCUT2D eigenvalue weighted by Crippen LogP contribution is 2.25. The van der Waals surface area contributed by atoms with Crippen molar-refractivity contribution in [3.63, 3.8) is 0 Å². The van der Waals surface area contributed by atoms with Crippen LogP contribution in [0, 0.1) is 5.82 Å². The van der Waals surface area contributed by atoms with Crippen molar-refractivity contribution in [3.05, 3.63) is 29.0 Å². The number of carbonyl (C=O) groups is 2. The van der Waals surface area contributed by atoms with E-state index >= 15 is 0 Å². The van der Waals surface area contributed by atoms with E-state index in [9.17, 15) is 14.0 Å². The lowest BCUT2D eigenvalue weighted by atomic mass is 10.1. The smallest absolute Gasteiger partial charge is 0.250 e. The van der Waals surface area contributed by atoms with Crippen LogP contribution in [-0.2, 0) is 19.1 Å². The molecule has 0 bridgehead atoms. The summed E-state index contributed by atoms with van der Waals surface area (Å²) in [4.78, 5) is 26.0. The Kier molecular flexibility index (Phi) is 5.56. The molecule has 2 heterocycles. The second-order valence-corrected chi connectivity index (χ2v) is 6.62. The SMILES string of the molecule is CN(C(=O)[C@@H]1C[C@H](OC2CCCCO2)C(=O)N1)c1ccc(F)c(Cl)c1. The van der Waals surface area contributed by atoms with Gasteiger partial charge in [-0.2, -0.15) is 0 Å². The number of rotatable bonds is 4. The molecule has 2 amide bonds. The normalized spacial score (nSPS) is 26.4. The molecule has 1 aromatic rings. The molecule has 3 atom stereocenters. The van der Waals surface area contributed by atoms with Crippen molar-refractivity contribution >= 4 is 29.1 Å². The Balaban J connectivity index is 1.62. The van der Waals surface area contributed by atoms with Crippen LogP contribution in [0.3, 0.4) is 0 Å². The van der Waals surface area contributed by atoms with E-state index in [0.29, 0.717) is 12.3 Å². The fourth-order valence-corrected chi connectivity index (χ4v) is 3.16. The van der Waals surface area contributed by atoms with Gasteiger partial charge in [0, 0.05) is 25.8 Å². The first-order chi connectivity index (χ1) is 12.0. The van der Waals surface area contributed by atoms with Gasteiger partial charge < -0.3 is 19.7 Å².